The molecule has 194 valence electrons. The number of pyridine rings is 1. The Labute approximate surface area is 225 Å². The number of nitrogens with one attached hydrogen (secondary N) is 3. The minimum atomic E-state index is -2.68. The summed E-state index contributed by atoms with van der Waals surface area (Å²) < 4.78 is 25.8. The Morgan fingerprint density at radius 1 is 1.30 bits per heavy atom. The number of rotatable bonds is 6. The average Bonchev–Trinajstić information content (AvgIpc) is 3.34. The molecule has 1 aromatic heterocycles. The molecule has 0 aliphatic carbocycles. The predicted octanol–water partition coefficient (Wildman–Crippen LogP) is 2.93. The summed E-state index contributed by atoms with van der Waals surface area (Å²) in [7, 11) is 1.46. The smallest absolute Gasteiger partial charge is 0.357 e. The molecule has 2 aromatic rings. The van der Waals surface area contributed by atoms with Gasteiger partial charge in [0.1, 0.15) is 5.84 Å². The van der Waals surface area contributed by atoms with Gasteiger partial charge in [-0.3, -0.25) is 19.1 Å². The summed E-state index contributed by atoms with van der Waals surface area (Å²) in [4.78, 5) is 32.0. The van der Waals surface area contributed by atoms with Crippen molar-refractivity contribution in [2.75, 3.05) is 25.5 Å². The van der Waals surface area contributed by atoms with Crippen LogP contribution in [0.3, 0.4) is 0 Å². The van der Waals surface area contributed by atoms with Crippen molar-refractivity contribution in [3.63, 3.8) is 0 Å². The van der Waals surface area contributed by atoms with Crippen LogP contribution in [0.1, 0.15) is 27.5 Å². The normalized spacial score (nSPS) is 17.7. The lowest BCUT2D eigenvalue weighted by Gasteiger charge is -2.28. The highest BCUT2D eigenvalue weighted by atomic mass is 35.5. The van der Waals surface area contributed by atoms with Crippen LogP contribution in [0.25, 0.3) is 0 Å². The summed E-state index contributed by atoms with van der Waals surface area (Å²) in [6.45, 7) is 2.07. The molecule has 2 atom stereocenters. The first-order valence-corrected chi connectivity index (χ1v) is 12.7. The molecule has 14 heteroatoms. The fourth-order valence-corrected chi connectivity index (χ4v) is 4.83. The molecule has 0 fully saturated rings. The van der Waals surface area contributed by atoms with Gasteiger partial charge in [0, 0.05) is 31.0 Å². The van der Waals surface area contributed by atoms with E-state index in [-0.39, 0.29) is 35.0 Å². The number of hydrogen-bond donors (Lipinski definition) is 4. The molecule has 4 rings (SSSR count). The van der Waals surface area contributed by atoms with Crippen LogP contribution in [0.2, 0.25) is 10.0 Å². The molecule has 0 spiro atoms. The second-order valence-corrected chi connectivity index (χ2v) is 9.47. The maximum absolute atomic E-state index is 13.5. The molecule has 37 heavy (non-hydrogen) atoms. The molecule has 0 radical (unpaired) electrons. The number of halogens is 2. The number of aryl methyl sites for hydroxylation is 1. The number of carbonyl (C=O) groups excluding carboxylic acids is 2. The molecule has 0 saturated carbocycles. The summed E-state index contributed by atoms with van der Waals surface area (Å²) in [6, 6.07) is 6.49. The number of carbonyl (C=O) groups is 2. The van der Waals surface area contributed by atoms with E-state index in [1.165, 1.54) is 19.2 Å². The first-order chi connectivity index (χ1) is 17.7. The molecule has 2 aliphatic heterocycles. The lowest BCUT2D eigenvalue weighted by atomic mass is 10.0. The number of nitrogens with zero attached hydrogens (tertiary/aromatic N) is 3. The number of hydrazone groups is 1. The number of allylic oxidation sites excluding steroid dienone is 1. The van der Waals surface area contributed by atoms with Gasteiger partial charge in [-0.25, -0.2) is 0 Å². The van der Waals surface area contributed by atoms with Crippen molar-refractivity contribution in [3.05, 3.63) is 80.9 Å². The average molecular weight is 565 g/mol. The molecule has 0 bridgehead atoms. The zero-order valence-electron chi connectivity index (χ0n) is 19.6. The van der Waals surface area contributed by atoms with Gasteiger partial charge in [-0.05, 0) is 42.8 Å². The third-order valence-corrected chi connectivity index (χ3v) is 6.55. The van der Waals surface area contributed by atoms with Gasteiger partial charge in [-0.2, -0.15) is 9.31 Å². The largest absolute Gasteiger partial charge is 0.379 e. The van der Waals surface area contributed by atoms with E-state index in [1.54, 1.807) is 42.4 Å². The van der Waals surface area contributed by atoms with Crippen LogP contribution in [-0.2, 0) is 20.3 Å². The highest BCUT2D eigenvalue weighted by Crippen LogP contribution is 2.31. The first kappa shape index (κ1) is 26.6. The molecule has 2 amide bonds. The van der Waals surface area contributed by atoms with Crippen molar-refractivity contribution in [2.45, 2.75) is 12.8 Å². The fraction of sp³-hybridized carbons (Fsp3) is 0.217. The lowest BCUT2D eigenvalue weighted by Crippen LogP contribution is -2.37. The highest BCUT2D eigenvalue weighted by Gasteiger charge is 2.34. The van der Waals surface area contributed by atoms with Gasteiger partial charge in [-0.1, -0.05) is 23.2 Å². The van der Waals surface area contributed by atoms with Crippen LogP contribution in [0.15, 0.2) is 59.2 Å². The summed E-state index contributed by atoms with van der Waals surface area (Å²) >= 11 is 9.80. The van der Waals surface area contributed by atoms with Crippen molar-refractivity contribution < 1.29 is 22.5 Å². The maximum Gasteiger partial charge on any atom is 0.357 e. The number of benzene rings is 1. The molecule has 3 heterocycles. The van der Waals surface area contributed by atoms with E-state index in [1.807, 2.05) is 0 Å². The van der Waals surface area contributed by atoms with Crippen molar-refractivity contribution in [3.8, 4) is 0 Å². The highest BCUT2D eigenvalue weighted by molar-refractivity contribution is 7.74. The van der Waals surface area contributed by atoms with E-state index in [4.69, 9.17) is 27.4 Å². The van der Waals surface area contributed by atoms with E-state index < -0.39 is 23.2 Å². The van der Waals surface area contributed by atoms with Gasteiger partial charge >= 0.3 is 11.4 Å². The standard InChI is InChI=1S/C23H22Cl2N6O5S/c1-12-8-13(24)9-14(22(32)26-2)19(12)29-23(33)16-11-31(7-5-18(16)36-37(34)35)21-15(10-28-30-21)20-17(25)4-3-6-27-20/h3-9,15,28H,10-11H2,1-2H3,(H,26,32)(H,29,33)(H,34,35). The van der Waals surface area contributed by atoms with Crippen LogP contribution in [-0.4, -0.2) is 56.4 Å². The number of aromatic nitrogens is 1. The molecule has 1 aromatic carbocycles. The summed E-state index contributed by atoms with van der Waals surface area (Å²) in [6.07, 6.45) is 4.60. The van der Waals surface area contributed by atoms with E-state index >= 15 is 0 Å². The Bertz CT molecular complexity index is 1380. The van der Waals surface area contributed by atoms with Crippen LogP contribution < -0.4 is 16.1 Å². The number of anilines is 1. The molecular weight excluding hydrogens is 543 g/mol. The quantitative estimate of drug-likeness (QED) is 0.392. The van der Waals surface area contributed by atoms with Crippen molar-refractivity contribution in [1.29, 1.82) is 0 Å². The molecule has 11 nitrogen and oxygen atoms in total. The topological polar surface area (TPSA) is 145 Å². The minimum Gasteiger partial charge on any atom is -0.379 e. The van der Waals surface area contributed by atoms with E-state index in [0.717, 1.165) is 0 Å². The van der Waals surface area contributed by atoms with Crippen LogP contribution in [0.5, 0.6) is 0 Å². The Hall–Kier alpha value is -3.45. The third-order valence-electron chi connectivity index (χ3n) is 5.69. The number of hydrogen-bond acceptors (Lipinski definition) is 8. The summed E-state index contributed by atoms with van der Waals surface area (Å²) in [5, 5.41) is 10.4. The third kappa shape index (κ3) is 5.77. The van der Waals surface area contributed by atoms with Gasteiger partial charge in [0.25, 0.3) is 11.8 Å². The molecule has 2 unspecified atom stereocenters. The second-order valence-electron chi connectivity index (χ2n) is 8.02. The zero-order valence-corrected chi connectivity index (χ0v) is 21.9. The number of amides is 2. The fourth-order valence-electron chi connectivity index (χ4n) is 3.99. The van der Waals surface area contributed by atoms with E-state index in [2.05, 4.69) is 26.1 Å². The predicted molar refractivity (Wildman–Crippen MR) is 140 cm³/mol. The van der Waals surface area contributed by atoms with Crippen LogP contribution in [0, 0.1) is 6.92 Å². The monoisotopic (exact) mass is 564 g/mol. The van der Waals surface area contributed by atoms with Gasteiger partial charge in [0.2, 0.25) is 0 Å². The van der Waals surface area contributed by atoms with Gasteiger partial charge in [0.15, 0.2) is 5.76 Å². The van der Waals surface area contributed by atoms with E-state index in [9.17, 15) is 18.4 Å². The SMILES string of the molecule is CNC(=O)c1cc(Cl)cc(C)c1NC(=O)C1=C(OS(=O)O)C=CN(C2=NNCC2c2ncccc2Cl)C1. The van der Waals surface area contributed by atoms with Crippen molar-refractivity contribution >= 4 is 57.9 Å². The molecule has 4 N–H and O–H groups in total. The van der Waals surface area contributed by atoms with Gasteiger partial charge in [-0.15, -0.1) is 0 Å². The van der Waals surface area contributed by atoms with Gasteiger partial charge in [0.05, 0.1) is 40.0 Å². The van der Waals surface area contributed by atoms with Crippen LogP contribution >= 0.6 is 23.2 Å². The maximum atomic E-state index is 13.5. The summed E-state index contributed by atoms with van der Waals surface area (Å²) in [5.74, 6) is -0.976. The zero-order chi connectivity index (χ0) is 26.7. The second kappa shape index (κ2) is 11.3. The lowest BCUT2D eigenvalue weighted by molar-refractivity contribution is -0.113. The first-order valence-electron chi connectivity index (χ1n) is 10.9. The Morgan fingerprint density at radius 2 is 2.08 bits per heavy atom. The molecular formula is C23H22Cl2N6O5S. The van der Waals surface area contributed by atoms with Crippen LogP contribution in [0.4, 0.5) is 5.69 Å². The molecule has 0 saturated heterocycles. The van der Waals surface area contributed by atoms with Crippen molar-refractivity contribution in [1.82, 2.24) is 20.6 Å². The van der Waals surface area contributed by atoms with E-state index in [0.29, 0.717) is 33.7 Å². The Kier molecular flexibility index (Phi) is 8.13. The number of amidine groups is 1. The molecule has 2 aliphatic rings. The Morgan fingerprint density at radius 3 is 2.78 bits per heavy atom. The Balaban J connectivity index is 1.66. The minimum absolute atomic E-state index is 0.0302. The van der Waals surface area contributed by atoms with Crippen molar-refractivity contribution in [2.24, 2.45) is 5.10 Å². The van der Waals surface area contributed by atoms with Gasteiger partial charge < -0.3 is 25.1 Å². The summed E-state index contributed by atoms with van der Waals surface area (Å²) in [5.41, 5.74) is 4.52.